The zero-order valence-electron chi connectivity index (χ0n) is 5.89. The molecule has 0 aromatic heterocycles. The minimum atomic E-state index is -0.144. The summed E-state index contributed by atoms with van der Waals surface area (Å²) in [6.45, 7) is 1.72. The first-order chi connectivity index (χ1) is 4.20. The Morgan fingerprint density at radius 2 is 2.22 bits per heavy atom. The van der Waals surface area contributed by atoms with Gasteiger partial charge in [-0.2, -0.15) is 0 Å². The van der Waals surface area contributed by atoms with Crippen LogP contribution in [0.1, 0.15) is 6.92 Å². The lowest BCUT2D eigenvalue weighted by molar-refractivity contribution is -0.116. The summed E-state index contributed by atoms with van der Waals surface area (Å²) in [6.07, 6.45) is 1.39. The van der Waals surface area contributed by atoms with Crippen LogP contribution in [0, 0.1) is 0 Å². The van der Waals surface area contributed by atoms with Gasteiger partial charge in [0, 0.05) is 13.1 Å². The molecule has 0 saturated heterocycles. The van der Waals surface area contributed by atoms with Gasteiger partial charge in [-0.05, 0) is 6.92 Å². The van der Waals surface area contributed by atoms with Crippen LogP contribution >= 0.6 is 0 Å². The van der Waals surface area contributed by atoms with E-state index in [2.05, 4.69) is 5.32 Å². The second-order valence-electron chi connectivity index (χ2n) is 1.57. The highest BCUT2D eigenvalue weighted by atomic mass is 16.5. The number of carbonyl (C=O) groups is 1. The highest BCUT2D eigenvalue weighted by molar-refractivity contribution is 5.87. The molecule has 1 amide bonds. The molecular formula is C6H11NO2. The second kappa shape index (κ2) is 3.95. The van der Waals surface area contributed by atoms with Crippen molar-refractivity contribution >= 4 is 5.91 Å². The zero-order valence-corrected chi connectivity index (χ0v) is 5.89. The molecule has 3 heteroatoms. The standard InChI is InChI=1S/C6H11NO2/c1-5(9-3)4-6(8)7-2/h4H,1-3H3,(H,7,8)/b5-4+. The SMILES string of the molecule is CNC(=O)/C=C(\C)OC. The van der Waals surface area contributed by atoms with Crippen LogP contribution in [0.25, 0.3) is 0 Å². The normalized spacial score (nSPS) is 10.8. The second-order valence-corrected chi connectivity index (χ2v) is 1.57. The van der Waals surface area contributed by atoms with Crippen molar-refractivity contribution in [2.75, 3.05) is 14.2 Å². The maximum atomic E-state index is 10.5. The van der Waals surface area contributed by atoms with Crippen LogP contribution in [0.15, 0.2) is 11.8 Å². The number of hydrogen-bond donors (Lipinski definition) is 1. The van der Waals surface area contributed by atoms with E-state index in [0.29, 0.717) is 5.76 Å². The molecule has 0 saturated carbocycles. The molecule has 0 heterocycles. The summed E-state index contributed by atoms with van der Waals surface area (Å²) < 4.78 is 4.72. The number of nitrogens with one attached hydrogen (secondary N) is 1. The van der Waals surface area contributed by atoms with Crippen molar-refractivity contribution in [3.05, 3.63) is 11.8 Å². The predicted molar refractivity (Wildman–Crippen MR) is 34.8 cm³/mol. The Morgan fingerprint density at radius 1 is 1.67 bits per heavy atom. The van der Waals surface area contributed by atoms with Gasteiger partial charge in [-0.25, -0.2) is 0 Å². The van der Waals surface area contributed by atoms with Crippen molar-refractivity contribution in [3.8, 4) is 0 Å². The summed E-state index contributed by atoms with van der Waals surface area (Å²) in [5, 5.41) is 2.43. The Balaban J connectivity index is 3.79. The maximum Gasteiger partial charge on any atom is 0.247 e. The van der Waals surface area contributed by atoms with Gasteiger partial charge in [0.2, 0.25) is 5.91 Å². The lowest BCUT2D eigenvalue weighted by atomic mass is 10.4. The molecule has 0 spiro atoms. The topological polar surface area (TPSA) is 38.3 Å². The van der Waals surface area contributed by atoms with E-state index in [0.717, 1.165) is 0 Å². The van der Waals surface area contributed by atoms with Crippen molar-refractivity contribution in [2.24, 2.45) is 0 Å². The third-order valence-corrected chi connectivity index (χ3v) is 0.903. The zero-order chi connectivity index (χ0) is 7.28. The molecular weight excluding hydrogens is 118 g/mol. The van der Waals surface area contributed by atoms with Crippen LogP contribution in [0.4, 0.5) is 0 Å². The van der Waals surface area contributed by atoms with Crippen LogP contribution < -0.4 is 5.32 Å². The molecule has 9 heavy (non-hydrogen) atoms. The first-order valence-corrected chi connectivity index (χ1v) is 2.64. The number of rotatable bonds is 2. The lowest BCUT2D eigenvalue weighted by Crippen LogP contribution is -2.14. The predicted octanol–water partition coefficient (Wildman–Crippen LogP) is 0.283. The monoisotopic (exact) mass is 129 g/mol. The van der Waals surface area contributed by atoms with Crippen LogP contribution in [-0.2, 0) is 9.53 Å². The van der Waals surface area contributed by atoms with E-state index < -0.39 is 0 Å². The molecule has 0 rings (SSSR count). The summed E-state index contributed by atoms with van der Waals surface area (Å²) in [7, 11) is 3.09. The molecule has 1 N–H and O–H groups in total. The fourth-order valence-electron chi connectivity index (χ4n) is 0.316. The molecule has 0 aliphatic rings. The Labute approximate surface area is 54.7 Å². The van der Waals surface area contributed by atoms with E-state index in [1.54, 1.807) is 14.0 Å². The minimum absolute atomic E-state index is 0.144. The van der Waals surface area contributed by atoms with Crippen molar-refractivity contribution in [2.45, 2.75) is 6.92 Å². The van der Waals surface area contributed by atoms with Gasteiger partial charge in [0.05, 0.1) is 12.9 Å². The first-order valence-electron chi connectivity index (χ1n) is 2.64. The van der Waals surface area contributed by atoms with Gasteiger partial charge < -0.3 is 10.1 Å². The highest BCUT2D eigenvalue weighted by Crippen LogP contribution is 1.89. The molecule has 0 atom stereocenters. The van der Waals surface area contributed by atoms with Crippen LogP contribution in [0.5, 0.6) is 0 Å². The fourth-order valence-corrected chi connectivity index (χ4v) is 0.316. The Hall–Kier alpha value is -0.990. The summed E-state index contributed by atoms with van der Waals surface area (Å²) in [4.78, 5) is 10.5. The Bertz CT molecular complexity index is 129. The first kappa shape index (κ1) is 8.01. The van der Waals surface area contributed by atoms with E-state index in [9.17, 15) is 4.79 Å². The highest BCUT2D eigenvalue weighted by Gasteiger charge is 1.90. The van der Waals surface area contributed by atoms with Crippen molar-refractivity contribution in [1.82, 2.24) is 5.32 Å². The summed E-state index contributed by atoms with van der Waals surface area (Å²) in [5.74, 6) is 0.462. The van der Waals surface area contributed by atoms with E-state index in [4.69, 9.17) is 4.74 Å². The Kier molecular flexibility index (Phi) is 3.51. The number of likely N-dealkylation sites (N-methyl/N-ethyl adjacent to an activating group) is 1. The van der Waals surface area contributed by atoms with Gasteiger partial charge in [0.1, 0.15) is 0 Å². The van der Waals surface area contributed by atoms with Gasteiger partial charge >= 0.3 is 0 Å². The van der Waals surface area contributed by atoms with Gasteiger partial charge in [0.25, 0.3) is 0 Å². The smallest absolute Gasteiger partial charge is 0.247 e. The minimum Gasteiger partial charge on any atom is -0.501 e. The average Bonchev–Trinajstić information content (AvgIpc) is 1.87. The van der Waals surface area contributed by atoms with Crippen molar-refractivity contribution in [3.63, 3.8) is 0 Å². The van der Waals surface area contributed by atoms with E-state index in [-0.39, 0.29) is 5.91 Å². The summed E-state index contributed by atoms with van der Waals surface area (Å²) in [5.41, 5.74) is 0. The quantitative estimate of drug-likeness (QED) is 0.429. The van der Waals surface area contributed by atoms with Gasteiger partial charge in [0.15, 0.2) is 0 Å². The molecule has 0 aromatic carbocycles. The Morgan fingerprint density at radius 3 is 2.56 bits per heavy atom. The average molecular weight is 129 g/mol. The molecule has 0 aliphatic carbocycles. The van der Waals surface area contributed by atoms with E-state index in [1.165, 1.54) is 13.2 Å². The molecule has 0 aliphatic heterocycles. The number of hydrogen-bond acceptors (Lipinski definition) is 2. The van der Waals surface area contributed by atoms with Crippen LogP contribution in [-0.4, -0.2) is 20.1 Å². The van der Waals surface area contributed by atoms with E-state index >= 15 is 0 Å². The third-order valence-electron chi connectivity index (χ3n) is 0.903. The molecule has 3 nitrogen and oxygen atoms in total. The van der Waals surface area contributed by atoms with Gasteiger partial charge in [-0.3, -0.25) is 4.79 Å². The number of carbonyl (C=O) groups excluding carboxylic acids is 1. The summed E-state index contributed by atoms with van der Waals surface area (Å²) >= 11 is 0. The molecule has 0 radical (unpaired) electrons. The van der Waals surface area contributed by atoms with Crippen molar-refractivity contribution < 1.29 is 9.53 Å². The van der Waals surface area contributed by atoms with Crippen LogP contribution in [0.3, 0.4) is 0 Å². The number of methoxy groups -OCH3 is 1. The molecule has 0 unspecified atom stereocenters. The maximum absolute atomic E-state index is 10.5. The molecule has 0 aromatic rings. The van der Waals surface area contributed by atoms with E-state index in [1.807, 2.05) is 0 Å². The van der Waals surface area contributed by atoms with Crippen LogP contribution in [0.2, 0.25) is 0 Å². The number of allylic oxidation sites excluding steroid dienone is 1. The molecule has 0 bridgehead atoms. The molecule has 0 fully saturated rings. The summed E-state index contributed by atoms with van der Waals surface area (Å²) in [6, 6.07) is 0. The lowest BCUT2D eigenvalue weighted by Gasteiger charge is -1.96. The number of amides is 1. The largest absolute Gasteiger partial charge is 0.501 e. The third kappa shape index (κ3) is 3.58. The van der Waals surface area contributed by atoms with Gasteiger partial charge in [-0.1, -0.05) is 0 Å². The fraction of sp³-hybridized carbons (Fsp3) is 0.500. The van der Waals surface area contributed by atoms with Crippen molar-refractivity contribution in [1.29, 1.82) is 0 Å². The molecule has 52 valence electrons. The van der Waals surface area contributed by atoms with Gasteiger partial charge in [-0.15, -0.1) is 0 Å². The number of ether oxygens (including phenoxy) is 1.